The van der Waals surface area contributed by atoms with E-state index in [9.17, 15) is 33.4 Å². The van der Waals surface area contributed by atoms with Crippen molar-refractivity contribution in [3.05, 3.63) is 65.9 Å². The number of unbranched alkanes of at least 4 members (excludes halogenated alkanes) is 2. The topological polar surface area (TPSA) is 194 Å². The third kappa shape index (κ3) is 10.6. The minimum atomic E-state index is -2.92. The van der Waals surface area contributed by atoms with Gasteiger partial charge < -0.3 is 29.5 Å². The van der Waals surface area contributed by atoms with Crippen molar-refractivity contribution in [1.82, 2.24) is 15.7 Å². The van der Waals surface area contributed by atoms with Gasteiger partial charge in [0.25, 0.3) is 5.91 Å². The summed E-state index contributed by atoms with van der Waals surface area (Å²) in [5, 5.41) is 6.16. The van der Waals surface area contributed by atoms with Crippen LogP contribution in [0.15, 0.2) is 59.0 Å². The lowest BCUT2D eigenvalue weighted by atomic mass is 9.90. The summed E-state index contributed by atoms with van der Waals surface area (Å²) >= 11 is 0. The summed E-state index contributed by atoms with van der Waals surface area (Å²) in [5.74, 6) is -1.99. The molecule has 278 valence electrons. The number of ether oxygens (including phenoxy) is 1. The lowest BCUT2D eigenvalue weighted by Gasteiger charge is -2.31. The predicted molar refractivity (Wildman–Crippen MR) is 189 cm³/mol. The molecule has 52 heavy (non-hydrogen) atoms. The maximum absolute atomic E-state index is 13.5. The molecule has 0 aliphatic carbocycles. The molecule has 1 aliphatic heterocycles. The Balaban J connectivity index is 1.39. The Morgan fingerprint density at radius 3 is 2.42 bits per heavy atom. The zero-order valence-corrected chi connectivity index (χ0v) is 30.3. The third-order valence-electron chi connectivity index (χ3n) is 8.45. The highest BCUT2D eigenvalue weighted by Gasteiger charge is 2.34. The quantitative estimate of drug-likeness (QED) is 0.0435. The standard InChI is InChI=1S/C36H43N4O11P/c1-4-7-8-10-29(30(5-2)40(23-41)50-36(45)24-12-14-26(15-13-24)39-18-9-11-33(39)42)34(43)37-22-38-35(44)32-17-16-31(49-32)25-19-27(48-6-3)21-28(20-25)51-52(46)47/h12-17,19-21,23,29-30H,4-11,18,22H2,1-3H3,(H2-,37,38,43,44,46,47)/p+1. The fraction of sp³-hybridized carbons (Fsp3) is 0.417. The Morgan fingerprint density at radius 2 is 1.79 bits per heavy atom. The van der Waals surface area contributed by atoms with Crippen LogP contribution >= 0.6 is 8.25 Å². The van der Waals surface area contributed by atoms with Crippen LogP contribution in [-0.2, 0) is 23.8 Å². The van der Waals surface area contributed by atoms with Crippen molar-refractivity contribution < 1.29 is 51.9 Å². The van der Waals surface area contributed by atoms with Crippen LogP contribution in [-0.4, -0.2) is 65.9 Å². The highest BCUT2D eigenvalue weighted by Crippen LogP contribution is 2.34. The van der Waals surface area contributed by atoms with E-state index in [1.165, 1.54) is 36.4 Å². The number of amides is 4. The molecule has 3 unspecified atom stereocenters. The second-order valence-corrected chi connectivity index (χ2v) is 12.6. The second kappa shape index (κ2) is 19.4. The lowest BCUT2D eigenvalue weighted by Crippen LogP contribution is -2.49. The fourth-order valence-electron chi connectivity index (χ4n) is 5.92. The number of nitrogens with zero attached hydrogens (tertiary/aromatic N) is 2. The number of nitrogens with one attached hydrogen (secondary N) is 2. The van der Waals surface area contributed by atoms with E-state index < -0.39 is 38.0 Å². The Labute approximate surface area is 302 Å². The van der Waals surface area contributed by atoms with Crippen LogP contribution in [0.3, 0.4) is 0 Å². The van der Waals surface area contributed by atoms with E-state index in [4.69, 9.17) is 18.5 Å². The van der Waals surface area contributed by atoms with Crippen LogP contribution in [0.2, 0.25) is 0 Å². The van der Waals surface area contributed by atoms with E-state index in [1.807, 2.05) is 6.92 Å². The molecular formula is C36H44N4O11P+. The first-order chi connectivity index (χ1) is 25.1. The molecule has 1 fully saturated rings. The van der Waals surface area contributed by atoms with Crippen LogP contribution in [0, 0.1) is 5.92 Å². The van der Waals surface area contributed by atoms with Crippen LogP contribution in [0.4, 0.5) is 5.69 Å². The summed E-state index contributed by atoms with van der Waals surface area (Å²) in [7, 11) is -2.92. The molecule has 3 aromatic rings. The molecule has 0 bridgehead atoms. The van der Waals surface area contributed by atoms with Gasteiger partial charge in [-0.25, -0.2) is 9.32 Å². The van der Waals surface area contributed by atoms with Gasteiger partial charge in [0.15, 0.2) is 11.5 Å². The van der Waals surface area contributed by atoms with Crippen LogP contribution in [0.25, 0.3) is 11.3 Å². The number of anilines is 1. The molecule has 0 radical (unpaired) electrons. The first-order valence-electron chi connectivity index (χ1n) is 17.2. The number of furan rings is 1. The summed E-state index contributed by atoms with van der Waals surface area (Å²) in [6.45, 7) is 6.25. The molecule has 16 heteroatoms. The van der Waals surface area contributed by atoms with Gasteiger partial charge in [0.1, 0.15) is 11.5 Å². The SMILES string of the molecule is CCCCCC(C(=O)NCNC(=O)c1ccc(-c2cc(OCC)cc(O[P+](=O)O)c2)o1)C(CC)N(C=O)OC(=O)c1ccc(N2CCCC2=O)cc1. The average Bonchev–Trinajstić information content (AvgIpc) is 3.80. The van der Waals surface area contributed by atoms with Crippen molar-refractivity contribution in [2.45, 2.75) is 71.8 Å². The van der Waals surface area contributed by atoms with Gasteiger partial charge in [0.05, 0.1) is 30.8 Å². The van der Waals surface area contributed by atoms with Gasteiger partial charge >= 0.3 is 14.2 Å². The molecule has 1 saturated heterocycles. The maximum atomic E-state index is 13.5. The molecule has 4 amide bonds. The van der Waals surface area contributed by atoms with Crippen LogP contribution < -0.4 is 24.8 Å². The lowest BCUT2D eigenvalue weighted by molar-refractivity contribution is -0.171. The first kappa shape index (κ1) is 39.5. The average molecular weight is 740 g/mol. The van der Waals surface area contributed by atoms with Gasteiger partial charge in [-0.05, 0) is 74.7 Å². The Hall–Kier alpha value is -5.27. The van der Waals surface area contributed by atoms with Crippen molar-refractivity contribution in [3.8, 4) is 22.8 Å². The molecule has 2 heterocycles. The number of hydrogen-bond donors (Lipinski definition) is 3. The number of hydroxylamine groups is 2. The Bertz CT molecular complexity index is 1730. The molecule has 1 aromatic heterocycles. The van der Waals surface area contributed by atoms with Crippen LogP contribution in [0.1, 0.15) is 86.6 Å². The van der Waals surface area contributed by atoms with Gasteiger partial charge in [-0.2, -0.15) is 5.06 Å². The van der Waals surface area contributed by atoms with Gasteiger partial charge in [-0.15, -0.1) is 4.89 Å². The second-order valence-electron chi connectivity index (χ2n) is 12.0. The fourth-order valence-corrected chi connectivity index (χ4v) is 6.21. The highest BCUT2D eigenvalue weighted by molar-refractivity contribution is 7.32. The molecule has 4 rings (SSSR count). The number of carbonyl (C=O) groups excluding carboxylic acids is 5. The van der Waals surface area contributed by atoms with Crippen molar-refractivity contribution in [2.24, 2.45) is 5.92 Å². The van der Waals surface area contributed by atoms with Gasteiger partial charge in [0.2, 0.25) is 18.2 Å². The van der Waals surface area contributed by atoms with Crippen molar-refractivity contribution >= 4 is 44.0 Å². The smallest absolute Gasteiger partial charge is 0.494 e. The molecule has 3 N–H and O–H groups in total. The maximum Gasteiger partial charge on any atom is 0.747 e. The normalized spacial score (nSPS) is 13.9. The summed E-state index contributed by atoms with van der Waals surface area (Å²) in [6, 6.07) is 13.0. The largest absolute Gasteiger partial charge is 0.747 e. The minimum Gasteiger partial charge on any atom is -0.494 e. The zero-order chi connectivity index (χ0) is 37.6. The first-order valence-corrected chi connectivity index (χ1v) is 18.4. The highest BCUT2D eigenvalue weighted by atomic mass is 31.1. The van der Waals surface area contributed by atoms with E-state index in [0.717, 1.165) is 24.3 Å². The summed E-state index contributed by atoms with van der Waals surface area (Å²) in [5.41, 5.74) is 1.27. The Morgan fingerprint density at radius 1 is 1.04 bits per heavy atom. The van der Waals surface area contributed by atoms with E-state index in [-0.39, 0.29) is 35.4 Å². The molecule has 1 aliphatic rings. The minimum absolute atomic E-state index is 0.0153. The van der Waals surface area contributed by atoms with Crippen LogP contribution in [0.5, 0.6) is 11.5 Å². The molecule has 3 atom stereocenters. The molecule has 15 nitrogen and oxygen atoms in total. The number of rotatable bonds is 20. The van der Waals surface area contributed by atoms with Crippen molar-refractivity contribution in [1.29, 1.82) is 0 Å². The van der Waals surface area contributed by atoms with E-state index >= 15 is 0 Å². The summed E-state index contributed by atoms with van der Waals surface area (Å²) < 4.78 is 27.4. The number of benzene rings is 2. The van der Waals surface area contributed by atoms with E-state index in [1.54, 1.807) is 36.9 Å². The summed E-state index contributed by atoms with van der Waals surface area (Å²) in [6.07, 6.45) is 4.71. The van der Waals surface area contributed by atoms with Gasteiger partial charge in [-0.1, -0.05) is 33.1 Å². The van der Waals surface area contributed by atoms with Gasteiger partial charge in [0, 0.05) is 34.8 Å². The van der Waals surface area contributed by atoms with E-state index in [0.29, 0.717) is 62.2 Å². The van der Waals surface area contributed by atoms with Crippen molar-refractivity contribution in [3.63, 3.8) is 0 Å². The zero-order valence-electron chi connectivity index (χ0n) is 29.4. The number of carbonyl (C=O) groups is 5. The van der Waals surface area contributed by atoms with E-state index in [2.05, 4.69) is 10.6 Å². The third-order valence-corrected chi connectivity index (χ3v) is 8.81. The molecular weight excluding hydrogens is 695 g/mol. The molecule has 0 saturated carbocycles. The number of hydrogen-bond acceptors (Lipinski definition) is 10. The summed E-state index contributed by atoms with van der Waals surface area (Å²) in [4.78, 5) is 80.2. The van der Waals surface area contributed by atoms with Gasteiger partial charge in [-0.3, -0.25) is 19.2 Å². The molecule has 0 spiro atoms. The Kier molecular flexibility index (Phi) is 14.7. The predicted octanol–water partition coefficient (Wildman–Crippen LogP) is 5.51. The molecule has 2 aromatic carbocycles. The monoisotopic (exact) mass is 739 g/mol. The van der Waals surface area contributed by atoms with Crippen molar-refractivity contribution in [2.75, 3.05) is 24.7 Å².